The number of nitrogens with zero attached hydrogens (tertiary/aromatic N) is 1. The Morgan fingerprint density at radius 2 is 2.26 bits per heavy atom. The summed E-state index contributed by atoms with van der Waals surface area (Å²) in [4.78, 5) is 25.8. The van der Waals surface area contributed by atoms with E-state index >= 15 is 0 Å². The first-order valence-electron chi connectivity index (χ1n) is 6.75. The van der Waals surface area contributed by atoms with Gasteiger partial charge in [-0.05, 0) is 33.2 Å². The molecule has 2 unspecified atom stereocenters. The van der Waals surface area contributed by atoms with E-state index in [2.05, 4.69) is 11.2 Å². The number of hydrogen-bond acceptors (Lipinski definition) is 4. The Bertz CT molecular complexity index is 362. The highest BCUT2D eigenvalue weighted by molar-refractivity contribution is 5.83. The van der Waals surface area contributed by atoms with Gasteiger partial charge in [-0.1, -0.05) is 12.3 Å². The number of ether oxygens (including phenoxy) is 1. The number of carbonyl (C=O) groups is 2. The fraction of sp³-hybridized carbons (Fsp3) is 0.714. The van der Waals surface area contributed by atoms with E-state index in [1.807, 2.05) is 4.90 Å². The average molecular weight is 266 g/mol. The van der Waals surface area contributed by atoms with Crippen LogP contribution in [-0.4, -0.2) is 48.6 Å². The number of nitrogens with one attached hydrogen (secondary N) is 1. The van der Waals surface area contributed by atoms with Gasteiger partial charge in [0.2, 0.25) is 5.91 Å². The lowest BCUT2D eigenvalue weighted by Gasteiger charge is -2.37. The molecule has 106 valence electrons. The van der Waals surface area contributed by atoms with Crippen LogP contribution in [0.3, 0.4) is 0 Å². The second kappa shape index (κ2) is 7.80. The van der Waals surface area contributed by atoms with Gasteiger partial charge in [-0.3, -0.25) is 14.5 Å². The highest BCUT2D eigenvalue weighted by Gasteiger charge is 2.35. The van der Waals surface area contributed by atoms with E-state index in [1.54, 1.807) is 13.8 Å². The Hall–Kier alpha value is -1.54. The normalized spacial score (nSPS) is 21.2. The van der Waals surface area contributed by atoms with E-state index < -0.39 is 0 Å². The third-order valence-electron chi connectivity index (χ3n) is 3.34. The van der Waals surface area contributed by atoms with Crippen molar-refractivity contribution in [1.82, 2.24) is 10.2 Å². The number of rotatable bonds is 5. The maximum atomic E-state index is 11.9. The molecular weight excluding hydrogens is 244 g/mol. The van der Waals surface area contributed by atoms with Crippen molar-refractivity contribution in [3.8, 4) is 12.3 Å². The smallest absolute Gasteiger partial charge is 0.323 e. The molecule has 0 aromatic heterocycles. The summed E-state index contributed by atoms with van der Waals surface area (Å²) in [5.41, 5.74) is 0. The first-order chi connectivity index (χ1) is 9.11. The summed E-state index contributed by atoms with van der Waals surface area (Å²) < 4.78 is 5.08. The van der Waals surface area contributed by atoms with Crippen molar-refractivity contribution in [2.24, 2.45) is 0 Å². The molecule has 1 heterocycles. The molecule has 0 aromatic rings. The average Bonchev–Trinajstić information content (AvgIpc) is 2.44. The minimum atomic E-state index is -0.372. The third-order valence-corrected chi connectivity index (χ3v) is 3.34. The molecule has 0 radical (unpaired) electrons. The predicted molar refractivity (Wildman–Crippen MR) is 72.3 cm³/mol. The molecule has 0 bridgehead atoms. The molecule has 0 spiro atoms. The summed E-state index contributed by atoms with van der Waals surface area (Å²) >= 11 is 0. The van der Waals surface area contributed by atoms with E-state index in [0.29, 0.717) is 6.61 Å². The van der Waals surface area contributed by atoms with Crippen molar-refractivity contribution in [1.29, 1.82) is 0 Å². The summed E-state index contributed by atoms with van der Waals surface area (Å²) in [5, 5.41) is 2.65. The SMILES string of the molecule is C#CCNC(=O)C(C)N1CCCCC1C(=O)OCC. The second-order valence-corrected chi connectivity index (χ2v) is 4.60. The van der Waals surface area contributed by atoms with Crippen LogP contribution in [0.25, 0.3) is 0 Å². The van der Waals surface area contributed by atoms with Gasteiger partial charge in [-0.25, -0.2) is 0 Å². The molecule has 0 aliphatic carbocycles. The molecule has 1 rings (SSSR count). The van der Waals surface area contributed by atoms with Gasteiger partial charge in [0, 0.05) is 0 Å². The molecule has 0 aromatic carbocycles. The number of esters is 1. The zero-order valence-electron chi connectivity index (χ0n) is 11.6. The van der Waals surface area contributed by atoms with Gasteiger partial charge in [0.25, 0.3) is 0 Å². The molecular formula is C14H22N2O3. The topological polar surface area (TPSA) is 58.6 Å². The Morgan fingerprint density at radius 1 is 1.53 bits per heavy atom. The van der Waals surface area contributed by atoms with Crippen LogP contribution >= 0.6 is 0 Å². The first kappa shape index (κ1) is 15.5. The third kappa shape index (κ3) is 4.25. The molecule has 5 nitrogen and oxygen atoms in total. The van der Waals surface area contributed by atoms with Crippen LogP contribution in [0.1, 0.15) is 33.1 Å². The quantitative estimate of drug-likeness (QED) is 0.583. The minimum Gasteiger partial charge on any atom is -0.465 e. The maximum Gasteiger partial charge on any atom is 0.323 e. The van der Waals surface area contributed by atoms with E-state index in [9.17, 15) is 9.59 Å². The lowest BCUT2D eigenvalue weighted by molar-refractivity contribution is -0.153. The molecule has 1 N–H and O–H groups in total. The van der Waals surface area contributed by atoms with Crippen molar-refractivity contribution < 1.29 is 14.3 Å². The summed E-state index contributed by atoms with van der Waals surface area (Å²) in [7, 11) is 0. The van der Waals surface area contributed by atoms with E-state index in [1.165, 1.54) is 0 Å². The van der Waals surface area contributed by atoms with Gasteiger partial charge in [0.15, 0.2) is 0 Å². The Balaban J connectivity index is 2.68. The van der Waals surface area contributed by atoms with E-state index in [-0.39, 0.29) is 30.5 Å². The summed E-state index contributed by atoms with van der Waals surface area (Å²) in [6.07, 6.45) is 7.83. The molecule has 1 fully saturated rings. The molecule has 1 amide bonds. The summed E-state index contributed by atoms with van der Waals surface area (Å²) in [6.45, 7) is 4.88. The molecule has 1 aliphatic heterocycles. The molecule has 1 aliphatic rings. The number of amides is 1. The van der Waals surface area contributed by atoms with Crippen molar-refractivity contribution in [3.63, 3.8) is 0 Å². The monoisotopic (exact) mass is 266 g/mol. The number of carbonyl (C=O) groups excluding carboxylic acids is 2. The summed E-state index contributed by atoms with van der Waals surface area (Å²) in [5.74, 6) is 1.99. The highest BCUT2D eigenvalue weighted by Crippen LogP contribution is 2.20. The van der Waals surface area contributed by atoms with Crippen LogP contribution < -0.4 is 5.32 Å². The van der Waals surface area contributed by atoms with Crippen molar-refractivity contribution >= 4 is 11.9 Å². The van der Waals surface area contributed by atoms with Gasteiger partial charge >= 0.3 is 5.97 Å². The highest BCUT2D eigenvalue weighted by atomic mass is 16.5. The fourth-order valence-electron chi connectivity index (χ4n) is 2.35. The number of piperidine rings is 1. The van der Waals surface area contributed by atoms with E-state index in [4.69, 9.17) is 11.2 Å². The largest absolute Gasteiger partial charge is 0.465 e. The van der Waals surface area contributed by atoms with Crippen LogP contribution in [0.2, 0.25) is 0 Å². The molecule has 2 atom stereocenters. The van der Waals surface area contributed by atoms with Gasteiger partial charge in [0.05, 0.1) is 19.2 Å². The number of hydrogen-bond donors (Lipinski definition) is 1. The molecule has 19 heavy (non-hydrogen) atoms. The van der Waals surface area contributed by atoms with Crippen LogP contribution in [0.15, 0.2) is 0 Å². The second-order valence-electron chi connectivity index (χ2n) is 4.60. The molecule has 5 heteroatoms. The van der Waals surface area contributed by atoms with Gasteiger partial charge in [-0.2, -0.15) is 0 Å². The summed E-state index contributed by atoms with van der Waals surface area (Å²) in [6, 6.07) is -0.691. The van der Waals surface area contributed by atoms with Crippen molar-refractivity contribution in [3.05, 3.63) is 0 Å². The van der Waals surface area contributed by atoms with Gasteiger partial charge < -0.3 is 10.1 Å². The zero-order valence-corrected chi connectivity index (χ0v) is 11.6. The zero-order chi connectivity index (χ0) is 14.3. The first-order valence-corrected chi connectivity index (χ1v) is 6.75. The number of likely N-dealkylation sites (tertiary alicyclic amines) is 1. The Morgan fingerprint density at radius 3 is 2.89 bits per heavy atom. The van der Waals surface area contributed by atoms with E-state index in [0.717, 1.165) is 25.8 Å². The van der Waals surface area contributed by atoms with Crippen LogP contribution in [0.4, 0.5) is 0 Å². The molecule has 1 saturated heterocycles. The Labute approximate surface area is 114 Å². The van der Waals surface area contributed by atoms with Crippen molar-refractivity contribution in [2.45, 2.75) is 45.2 Å². The maximum absolute atomic E-state index is 11.9. The Kier molecular flexibility index (Phi) is 6.37. The number of terminal acetylenes is 1. The van der Waals surface area contributed by atoms with Crippen LogP contribution in [-0.2, 0) is 14.3 Å². The molecule has 0 saturated carbocycles. The predicted octanol–water partition coefficient (Wildman–Crippen LogP) is 0.542. The van der Waals surface area contributed by atoms with Crippen LogP contribution in [0, 0.1) is 12.3 Å². The minimum absolute atomic E-state index is 0.144. The van der Waals surface area contributed by atoms with Crippen molar-refractivity contribution in [2.75, 3.05) is 19.7 Å². The lowest BCUT2D eigenvalue weighted by Crippen LogP contribution is -2.54. The fourth-order valence-corrected chi connectivity index (χ4v) is 2.35. The van der Waals surface area contributed by atoms with Gasteiger partial charge in [-0.15, -0.1) is 6.42 Å². The van der Waals surface area contributed by atoms with Gasteiger partial charge in [0.1, 0.15) is 6.04 Å². The van der Waals surface area contributed by atoms with Crippen LogP contribution in [0.5, 0.6) is 0 Å². The lowest BCUT2D eigenvalue weighted by atomic mass is 10.00. The standard InChI is InChI=1S/C14H22N2O3/c1-4-9-15-13(17)11(3)16-10-7-6-8-12(16)14(18)19-5-2/h1,11-12H,5-10H2,2-3H3,(H,15,17).